The highest BCUT2D eigenvalue weighted by Crippen LogP contribution is 2.23. The van der Waals surface area contributed by atoms with Gasteiger partial charge in [0, 0.05) is 11.3 Å². The third kappa shape index (κ3) is 5.12. The molecule has 0 saturated heterocycles. The van der Waals surface area contributed by atoms with E-state index in [0.717, 1.165) is 10.8 Å². The van der Waals surface area contributed by atoms with E-state index in [1.165, 1.54) is 35.8 Å². The van der Waals surface area contributed by atoms with Crippen molar-refractivity contribution in [2.24, 2.45) is 0 Å². The molecule has 0 heterocycles. The summed E-state index contributed by atoms with van der Waals surface area (Å²) in [5.74, 6) is -1.29. The van der Waals surface area contributed by atoms with Crippen LogP contribution in [-0.4, -0.2) is 25.4 Å². The Morgan fingerprint density at radius 3 is 2.09 bits per heavy atom. The van der Waals surface area contributed by atoms with Crippen LogP contribution in [0.2, 0.25) is 0 Å². The maximum Gasteiger partial charge on any atom is 0.274 e. The topological polar surface area (TPSA) is 125 Å². The molecule has 4 aromatic carbocycles. The Morgan fingerprint density at radius 1 is 0.765 bits per heavy atom. The average Bonchev–Trinajstić information content (AvgIpc) is 2.87. The number of benzene rings is 4. The minimum Gasteiger partial charge on any atom is -0.324 e. The molecule has 2 amide bonds. The number of fused-ring (bicyclic) bond motifs is 1. The number of sulfonamides is 1. The molecular formula is C25H21N3O5S. The van der Waals surface area contributed by atoms with Gasteiger partial charge >= 0.3 is 0 Å². The van der Waals surface area contributed by atoms with Gasteiger partial charge in [-0.25, -0.2) is 13.9 Å². The summed E-state index contributed by atoms with van der Waals surface area (Å²) in [5, 5.41) is 13.1. The first kappa shape index (κ1) is 23.1. The molecule has 4 aromatic rings. The van der Waals surface area contributed by atoms with Gasteiger partial charge < -0.3 is 5.32 Å². The molecule has 1 atom stereocenters. The van der Waals surface area contributed by atoms with Crippen LogP contribution in [0.3, 0.4) is 0 Å². The Bertz CT molecular complexity index is 1440. The fourth-order valence-corrected chi connectivity index (χ4v) is 4.68. The van der Waals surface area contributed by atoms with Crippen LogP contribution < -0.4 is 15.5 Å². The molecule has 4 rings (SSSR count). The molecule has 0 fully saturated rings. The summed E-state index contributed by atoms with van der Waals surface area (Å²) < 4.78 is 28.9. The summed E-state index contributed by atoms with van der Waals surface area (Å²) in [6.07, 6.45) is 0. The largest absolute Gasteiger partial charge is 0.324 e. The fraction of sp³-hybridized carbons (Fsp3) is 0.0400. The van der Waals surface area contributed by atoms with Crippen molar-refractivity contribution in [3.05, 3.63) is 108 Å². The molecule has 0 bridgehead atoms. The Labute approximate surface area is 196 Å². The molecular weight excluding hydrogens is 454 g/mol. The second-order valence-electron chi connectivity index (χ2n) is 7.48. The number of carbonyl (C=O) groups excluding carboxylic acids is 2. The van der Waals surface area contributed by atoms with Crippen molar-refractivity contribution in [3.8, 4) is 0 Å². The second kappa shape index (κ2) is 9.84. The van der Waals surface area contributed by atoms with E-state index in [9.17, 15) is 18.0 Å². The molecule has 34 heavy (non-hydrogen) atoms. The van der Waals surface area contributed by atoms with Crippen LogP contribution >= 0.6 is 0 Å². The van der Waals surface area contributed by atoms with Crippen LogP contribution in [0, 0.1) is 0 Å². The minimum atomic E-state index is -4.05. The van der Waals surface area contributed by atoms with Crippen molar-refractivity contribution in [1.82, 2.24) is 10.2 Å². The molecule has 8 nitrogen and oxygen atoms in total. The van der Waals surface area contributed by atoms with E-state index in [-0.39, 0.29) is 10.5 Å². The summed E-state index contributed by atoms with van der Waals surface area (Å²) in [7, 11) is -4.05. The molecule has 9 heteroatoms. The zero-order valence-electron chi connectivity index (χ0n) is 17.8. The van der Waals surface area contributed by atoms with Crippen LogP contribution in [-0.2, 0) is 14.8 Å². The number of hydroxylamine groups is 1. The normalized spacial score (nSPS) is 12.1. The van der Waals surface area contributed by atoms with Crippen LogP contribution in [0.4, 0.5) is 5.69 Å². The third-order valence-electron chi connectivity index (χ3n) is 5.22. The zero-order valence-corrected chi connectivity index (χ0v) is 18.6. The average molecular weight is 476 g/mol. The van der Waals surface area contributed by atoms with Crippen LogP contribution in [0.15, 0.2) is 102 Å². The molecule has 0 unspecified atom stereocenters. The van der Waals surface area contributed by atoms with Gasteiger partial charge in [0.05, 0.1) is 4.90 Å². The van der Waals surface area contributed by atoms with Crippen LogP contribution in [0.25, 0.3) is 10.8 Å². The van der Waals surface area contributed by atoms with Gasteiger partial charge in [-0.05, 0) is 52.7 Å². The molecule has 172 valence electrons. The van der Waals surface area contributed by atoms with Crippen molar-refractivity contribution in [2.75, 3.05) is 5.32 Å². The van der Waals surface area contributed by atoms with Crippen molar-refractivity contribution in [1.29, 1.82) is 0 Å². The van der Waals surface area contributed by atoms with E-state index >= 15 is 0 Å². The first-order valence-corrected chi connectivity index (χ1v) is 11.8. The van der Waals surface area contributed by atoms with Crippen molar-refractivity contribution in [3.63, 3.8) is 0 Å². The second-order valence-corrected chi connectivity index (χ2v) is 9.20. The standard InChI is InChI=1S/C25H21N3O5S/c29-24(27-31)19-10-13-21(14-11-19)26-25(30)23(18-7-2-1-3-8-18)28-34(32,33)22-15-12-17-6-4-5-9-20(17)16-22/h1-16,23,28,31H,(H,26,30)(H,27,29)/t23-/m0/s1. The van der Waals surface area contributed by atoms with Crippen molar-refractivity contribution >= 4 is 38.3 Å². The lowest BCUT2D eigenvalue weighted by atomic mass is 10.1. The monoisotopic (exact) mass is 475 g/mol. The zero-order chi connectivity index (χ0) is 24.1. The summed E-state index contributed by atoms with van der Waals surface area (Å²) >= 11 is 0. The van der Waals surface area contributed by atoms with Crippen LogP contribution in [0.5, 0.6) is 0 Å². The SMILES string of the molecule is O=C(NO)c1ccc(NC(=O)[C@@H](NS(=O)(=O)c2ccc3ccccc3c2)c2ccccc2)cc1. The fourth-order valence-electron chi connectivity index (χ4n) is 3.46. The van der Waals surface area contributed by atoms with E-state index in [4.69, 9.17) is 5.21 Å². The number of amides is 2. The maximum absolute atomic E-state index is 13.2. The molecule has 0 aliphatic carbocycles. The van der Waals surface area contributed by atoms with Gasteiger partial charge in [0.1, 0.15) is 6.04 Å². The number of anilines is 1. The Balaban J connectivity index is 1.62. The summed E-state index contributed by atoms with van der Waals surface area (Å²) in [6.45, 7) is 0. The molecule has 0 radical (unpaired) electrons. The highest BCUT2D eigenvalue weighted by molar-refractivity contribution is 7.89. The first-order valence-electron chi connectivity index (χ1n) is 10.3. The number of nitrogens with one attached hydrogen (secondary N) is 3. The maximum atomic E-state index is 13.2. The number of hydrogen-bond acceptors (Lipinski definition) is 5. The highest BCUT2D eigenvalue weighted by atomic mass is 32.2. The minimum absolute atomic E-state index is 0.0410. The van der Waals surface area contributed by atoms with Crippen molar-refractivity contribution in [2.45, 2.75) is 10.9 Å². The van der Waals surface area contributed by atoms with Crippen molar-refractivity contribution < 1.29 is 23.2 Å². The first-order chi connectivity index (χ1) is 16.4. The van der Waals surface area contributed by atoms with E-state index in [1.807, 2.05) is 24.3 Å². The van der Waals surface area contributed by atoms with Gasteiger partial charge in [-0.15, -0.1) is 0 Å². The molecule has 0 aliphatic rings. The highest BCUT2D eigenvalue weighted by Gasteiger charge is 2.27. The van der Waals surface area contributed by atoms with E-state index in [0.29, 0.717) is 11.3 Å². The number of carbonyl (C=O) groups is 2. The molecule has 0 saturated carbocycles. The van der Waals surface area contributed by atoms with Gasteiger partial charge in [-0.3, -0.25) is 14.8 Å². The number of hydrogen-bond donors (Lipinski definition) is 4. The molecule has 0 spiro atoms. The van der Waals surface area contributed by atoms with Gasteiger partial charge in [-0.1, -0.05) is 60.7 Å². The van der Waals surface area contributed by atoms with E-state index in [1.54, 1.807) is 42.5 Å². The molecule has 4 N–H and O–H groups in total. The molecule has 0 aromatic heterocycles. The van der Waals surface area contributed by atoms with Gasteiger partial charge in [-0.2, -0.15) is 4.72 Å². The number of rotatable bonds is 7. The summed E-state index contributed by atoms with van der Waals surface area (Å²) in [5.41, 5.74) is 2.53. The van der Waals surface area contributed by atoms with Gasteiger partial charge in [0.25, 0.3) is 5.91 Å². The lowest BCUT2D eigenvalue weighted by molar-refractivity contribution is -0.117. The summed E-state index contributed by atoms with van der Waals surface area (Å²) in [6, 6.07) is 25.2. The quantitative estimate of drug-likeness (QED) is 0.240. The van der Waals surface area contributed by atoms with E-state index < -0.39 is 27.9 Å². The Hall–Kier alpha value is -4.05. The Kier molecular flexibility index (Phi) is 6.69. The van der Waals surface area contributed by atoms with Crippen LogP contribution in [0.1, 0.15) is 22.0 Å². The molecule has 0 aliphatic heterocycles. The Morgan fingerprint density at radius 2 is 1.41 bits per heavy atom. The predicted octanol–water partition coefficient (Wildman–Crippen LogP) is 3.62. The summed E-state index contributed by atoms with van der Waals surface area (Å²) in [4.78, 5) is 24.7. The van der Waals surface area contributed by atoms with Gasteiger partial charge in [0.15, 0.2) is 0 Å². The van der Waals surface area contributed by atoms with Gasteiger partial charge in [0.2, 0.25) is 15.9 Å². The lowest BCUT2D eigenvalue weighted by Gasteiger charge is -2.19. The smallest absolute Gasteiger partial charge is 0.274 e. The predicted molar refractivity (Wildman–Crippen MR) is 128 cm³/mol. The third-order valence-corrected chi connectivity index (χ3v) is 6.64. The lowest BCUT2D eigenvalue weighted by Crippen LogP contribution is -2.37. The van der Waals surface area contributed by atoms with E-state index in [2.05, 4.69) is 10.0 Å².